The molecule has 0 aromatic carbocycles. The highest BCUT2D eigenvalue weighted by Crippen LogP contribution is 2.18. The van der Waals surface area contributed by atoms with E-state index in [1.165, 1.54) is 0 Å². The van der Waals surface area contributed by atoms with Crippen LogP contribution in [-0.2, 0) is 14.4 Å². The first kappa shape index (κ1) is 14.5. The average Bonchev–Trinajstić information content (AvgIpc) is 2.60. The molecule has 0 saturated carbocycles. The first-order valence-electron chi connectivity index (χ1n) is 6.10. The molecule has 0 aromatic rings. The number of rotatable bonds is 5. The number of nitrogens with zero attached hydrogens (tertiary/aromatic N) is 1. The van der Waals surface area contributed by atoms with Gasteiger partial charge < -0.3 is 15.3 Å². The number of aliphatic carboxylic acids is 1. The molecule has 1 heterocycles. The molecule has 0 bridgehead atoms. The minimum Gasteiger partial charge on any atom is -0.480 e. The Morgan fingerprint density at radius 3 is 2.61 bits per heavy atom. The average molecular weight is 256 g/mol. The number of amides is 2. The quantitative estimate of drug-likeness (QED) is 0.744. The number of carboxylic acids is 1. The third-order valence-electron chi connectivity index (χ3n) is 3.29. The molecular weight excluding hydrogens is 236 g/mol. The lowest BCUT2D eigenvalue weighted by atomic mass is 10.0. The molecule has 1 unspecified atom stereocenters. The maximum atomic E-state index is 11.8. The van der Waals surface area contributed by atoms with Gasteiger partial charge in [-0.1, -0.05) is 6.92 Å². The van der Waals surface area contributed by atoms with E-state index >= 15 is 0 Å². The summed E-state index contributed by atoms with van der Waals surface area (Å²) in [6.45, 7) is 5.53. The van der Waals surface area contributed by atoms with Crippen molar-refractivity contribution in [3.05, 3.63) is 0 Å². The molecule has 0 aliphatic carbocycles. The van der Waals surface area contributed by atoms with Crippen molar-refractivity contribution >= 4 is 17.8 Å². The fraction of sp³-hybridized carbons (Fsp3) is 0.750. The van der Waals surface area contributed by atoms with Crippen LogP contribution in [0, 0.1) is 0 Å². The Kier molecular flexibility index (Phi) is 4.32. The molecule has 1 saturated heterocycles. The van der Waals surface area contributed by atoms with E-state index in [0.717, 1.165) is 11.3 Å². The van der Waals surface area contributed by atoms with E-state index in [4.69, 9.17) is 5.11 Å². The summed E-state index contributed by atoms with van der Waals surface area (Å²) in [5.74, 6) is -1.64. The summed E-state index contributed by atoms with van der Waals surface area (Å²) in [6, 6.07) is -0.868. The molecule has 0 radical (unpaired) electrons. The second kappa shape index (κ2) is 5.37. The van der Waals surface area contributed by atoms with Crippen molar-refractivity contribution in [2.24, 2.45) is 0 Å². The number of carbonyl (C=O) groups excluding carboxylic acids is 2. The zero-order chi connectivity index (χ0) is 13.9. The van der Waals surface area contributed by atoms with Gasteiger partial charge in [-0.05, 0) is 26.7 Å². The van der Waals surface area contributed by atoms with Gasteiger partial charge in [0.1, 0.15) is 12.6 Å². The van der Waals surface area contributed by atoms with Crippen LogP contribution in [-0.4, -0.2) is 45.9 Å². The van der Waals surface area contributed by atoms with Gasteiger partial charge in [0.25, 0.3) is 0 Å². The smallest absolute Gasteiger partial charge is 0.326 e. The third kappa shape index (κ3) is 3.45. The summed E-state index contributed by atoms with van der Waals surface area (Å²) in [4.78, 5) is 35.4. The van der Waals surface area contributed by atoms with E-state index in [1.54, 1.807) is 0 Å². The highest BCUT2D eigenvalue weighted by molar-refractivity contribution is 5.91. The summed E-state index contributed by atoms with van der Waals surface area (Å²) in [5.41, 5.74) is -0.349. The van der Waals surface area contributed by atoms with E-state index < -0.39 is 12.0 Å². The zero-order valence-electron chi connectivity index (χ0n) is 11.0. The second-order valence-corrected chi connectivity index (χ2v) is 5.20. The highest BCUT2D eigenvalue weighted by atomic mass is 16.4. The van der Waals surface area contributed by atoms with E-state index in [1.807, 2.05) is 20.8 Å². The summed E-state index contributed by atoms with van der Waals surface area (Å²) in [7, 11) is 0. The van der Waals surface area contributed by atoms with Crippen LogP contribution in [0.1, 0.15) is 40.0 Å². The monoisotopic (exact) mass is 256 g/mol. The summed E-state index contributed by atoms with van der Waals surface area (Å²) < 4.78 is 0. The Hall–Kier alpha value is -1.59. The van der Waals surface area contributed by atoms with E-state index in [0.29, 0.717) is 0 Å². The van der Waals surface area contributed by atoms with Crippen molar-refractivity contribution < 1.29 is 19.5 Å². The van der Waals surface area contributed by atoms with E-state index in [2.05, 4.69) is 5.32 Å². The molecular formula is C12H20N2O4. The molecule has 0 aromatic heterocycles. The molecule has 1 atom stereocenters. The predicted molar refractivity (Wildman–Crippen MR) is 64.9 cm³/mol. The van der Waals surface area contributed by atoms with Crippen LogP contribution in [0.2, 0.25) is 0 Å². The number of hydrogen-bond donors (Lipinski definition) is 2. The molecule has 1 fully saturated rings. The Balaban J connectivity index is 2.63. The van der Waals surface area contributed by atoms with Crippen molar-refractivity contribution in [3.8, 4) is 0 Å². The number of carbonyl (C=O) groups is 3. The first-order valence-corrected chi connectivity index (χ1v) is 6.10. The standard InChI is InChI=1S/C12H20N2O4/c1-4-12(2,3)13-9(15)7-14-8(11(17)18)5-6-10(14)16/h8H,4-7H2,1-3H3,(H,13,15)(H,17,18). The highest BCUT2D eigenvalue weighted by Gasteiger charge is 2.37. The summed E-state index contributed by atoms with van der Waals surface area (Å²) in [6.07, 6.45) is 1.23. The largest absolute Gasteiger partial charge is 0.480 e. The molecule has 1 rings (SSSR count). The topological polar surface area (TPSA) is 86.7 Å². The van der Waals surface area contributed by atoms with Crippen molar-refractivity contribution in [1.82, 2.24) is 10.2 Å². The van der Waals surface area contributed by atoms with Gasteiger partial charge in [-0.2, -0.15) is 0 Å². The number of hydrogen-bond acceptors (Lipinski definition) is 3. The van der Waals surface area contributed by atoms with Gasteiger partial charge in [0.2, 0.25) is 11.8 Å². The third-order valence-corrected chi connectivity index (χ3v) is 3.29. The van der Waals surface area contributed by atoms with Crippen LogP contribution in [0.3, 0.4) is 0 Å². The Morgan fingerprint density at radius 2 is 2.11 bits per heavy atom. The van der Waals surface area contributed by atoms with Gasteiger partial charge in [0, 0.05) is 12.0 Å². The van der Waals surface area contributed by atoms with Crippen LogP contribution < -0.4 is 5.32 Å². The van der Waals surface area contributed by atoms with Gasteiger partial charge in [-0.3, -0.25) is 9.59 Å². The van der Waals surface area contributed by atoms with Gasteiger partial charge in [0.15, 0.2) is 0 Å². The molecule has 2 N–H and O–H groups in total. The SMILES string of the molecule is CCC(C)(C)NC(=O)CN1C(=O)CCC1C(=O)O. The maximum Gasteiger partial charge on any atom is 0.326 e. The molecule has 0 spiro atoms. The van der Waals surface area contributed by atoms with Gasteiger partial charge in [0.05, 0.1) is 0 Å². The van der Waals surface area contributed by atoms with Gasteiger partial charge in [-0.25, -0.2) is 4.79 Å². The molecule has 18 heavy (non-hydrogen) atoms. The summed E-state index contributed by atoms with van der Waals surface area (Å²) in [5, 5.41) is 11.8. The Labute approximate surface area is 106 Å². The second-order valence-electron chi connectivity index (χ2n) is 5.20. The lowest BCUT2D eigenvalue weighted by molar-refractivity contribution is -0.147. The fourth-order valence-corrected chi connectivity index (χ4v) is 1.85. The van der Waals surface area contributed by atoms with Crippen molar-refractivity contribution in [3.63, 3.8) is 0 Å². The van der Waals surface area contributed by atoms with E-state index in [9.17, 15) is 14.4 Å². The van der Waals surface area contributed by atoms with Crippen molar-refractivity contribution in [2.75, 3.05) is 6.54 Å². The normalized spacial score (nSPS) is 20.1. The molecule has 102 valence electrons. The van der Waals surface area contributed by atoms with Crippen LogP contribution >= 0.6 is 0 Å². The maximum absolute atomic E-state index is 11.8. The molecule has 6 nitrogen and oxygen atoms in total. The minimum absolute atomic E-state index is 0.181. The van der Waals surface area contributed by atoms with Crippen LogP contribution in [0.4, 0.5) is 0 Å². The van der Waals surface area contributed by atoms with E-state index in [-0.39, 0.29) is 36.7 Å². The lowest BCUT2D eigenvalue weighted by Gasteiger charge is -2.27. The molecule has 2 amide bonds. The zero-order valence-corrected chi connectivity index (χ0v) is 11.0. The van der Waals surface area contributed by atoms with Crippen LogP contribution in [0.15, 0.2) is 0 Å². The Bertz CT molecular complexity index is 365. The van der Waals surface area contributed by atoms with Crippen LogP contribution in [0.25, 0.3) is 0 Å². The fourth-order valence-electron chi connectivity index (χ4n) is 1.85. The van der Waals surface area contributed by atoms with Crippen molar-refractivity contribution in [2.45, 2.75) is 51.6 Å². The molecule has 6 heteroatoms. The van der Waals surface area contributed by atoms with Crippen LogP contribution in [0.5, 0.6) is 0 Å². The van der Waals surface area contributed by atoms with Crippen molar-refractivity contribution in [1.29, 1.82) is 0 Å². The number of likely N-dealkylation sites (tertiary alicyclic amines) is 1. The first-order chi connectivity index (χ1) is 8.26. The number of nitrogens with one attached hydrogen (secondary N) is 1. The molecule has 1 aliphatic rings. The molecule has 1 aliphatic heterocycles. The van der Waals surface area contributed by atoms with Gasteiger partial charge >= 0.3 is 5.97 Å². The minimum atomic E-state index is -1.05. The summed E-state index contributed by atoms with van der Waals surface area (Å²) >= 11 is 0. The van der Waals surface area contributed by atoms with Gasteiger partial charge in [-0.15, -0.1) is 0 Å². The predicted octanol–water partition coefficient (Wildman–Crippen LogP) is 0.367. The number of carboxylic acid groups (broad SMARTS) is 1. The Morgan fingerprint density at radius 1 is 1.50 bits per heavy atom. The lowest BCUT2D eigenvalue weighted by Crippen LogP contribution is -2.50.